The number of carbonyl (C=O) groups is 4. The number of hydrogen-bond acceptors (Lipinski definition) is 6. The van der Waals surface area contributed by atoms with Gasteiger partial charge in [-0.25, -0.2) is 18.9 Å². The van der Waals surface area contributed by atoms with Crippen molar-refractivity contribution >= 4 is 35.6 Å². The Hall–Kier alpha value is -4.01. The fraction of sp³-hybridized carbons (Fsp3) is 0.143. The molecule has 0 bridgehead atoms. The zero-order valence-electron chi connectivity index (χ0n) is 15.9. The van der Waals surface area contributed by atoms with E-state index in [2.05, 4.69) is 5.32 Å². The predicted molar refractivity (Wildman–Crippen MR) is 104 cm³/mol. The maximum absolute atomic E-state index is 13.5. The fourth-order valence-electron chi connectivity index (χ4n) is 2.73. The molecule has 0 aliphatic carbocycles. The molecule has 0 radical (unpaired) electrons. The molecule has 0 spiro atoms. The van der Waals surface area contributed by atoms with E-state index < -0.39 is 29.6 Å². The number of ether oxygens (including phenoxy) is 2. The van der Waals surface area contributed by atoms with Crippen LogP contribution in [0.3, 0.4) is 0 Å². The number of anilines is 1. The third-order valence-corrected chi connectivity index (χ3v) is 4.04. The third kappa shape index (κ3) is 4.52. The second-order valence-corrected chi connectivity index (χ2v) is 6.07. The quantitative estimate of drug-likeness (QED) is 0.444. The van der Waals surface area contributed by atoms with Crippen molar-refractivity contribution in [3.8, 4) is 5.75 Å². The molecular weight excluding hydrogens is 395 g/mol. The van der Waals surface area contributed by atoms with Gasteiger partial charge >= 0.3 is 12.0 Å². The van der Waals surface area contributed by atoms with Crippen LogP contribution in [0, 0.1) is 5.82 Å². The van der Waals surface area contributed by atoms with Crippen LogP contribution in [0.25, 0.3) is 6.08 Å². The molecule has 3 rings (SSSR count). The molecule has 0 aromatic heterocycles. The van der Waals surface area contributed by atoms with E-state index in [0.717, 1.165) is 12.1 Å². The molecular formula is C21H17FN2O6. The van der Waals surface area contributed by atoms with E-state index in [-0.39, 0.29) is 30.2 Å². The molecule has 1 fully saturated rings. The third-order valence-electron chi connectivity index (χ3n) is 4.04. The lowest BCUT2D eigenvalue weighted by Crippen LogP contribution is -2.54. The lowest BCUT2D eigenvalue weighted by molar-refractivity contribution is -0.145. The first kappa shape index (κ1) is 20.7. The maximum Gasteiger partial charge on any atom is 0.344 e. The molecule has 1 aliphatic heterocycles. The van der Waals surface area contributed by atoms with Crippen LogP contribution >= 0.6 is 0 Å². The highest BCUT2D eigenvalue weighted by molar-refractivity contribution is 6.39. The van der Waals surface area contributed by atoms with Crippen LogP contribution in [-0.4, -0.2) is 37.0 Å². The number of benzene rings is 2. The van der Waals surface area contributed by atoms with Gasteiger partial charge in [-0.1, -0.05) is 24.3 Å². The number of para-hydroxylation sites is 1. The van der Waals surface area contributed by atoms with Gasteiger partial charge in [0.05, 0.1) is 12.3 Å². The van der Waals surface area contributed by atoms with E-state index in [1.807, 2.05) is 0 Å². The van der Waals surface area contributed by atoms with Gasteiger partial charge in [0.15, 0.2) is 6.61 Å². The van der Waals surface area contributed by atoms with E-state index in [9.17, 15) is 23.6 Å². The molecule has 1 aliphatic rings. The van der Waals surface area contributed by atoms with Gasteiger partial charge in [0.25, 0.3) is 11.8 Å². The van der Waals surface area contributed by atoms with E-state index in [0.29, 0.717) is 10.5 Å². The average Bonchev–Trinajstić information content (AvgIpc) is 2.70. The van der Waals surface area contributed by atoms with Crippen molar-refractivity contribution < 1.29 is 33.0 Å². The minimum absolute atomic E-state index is 0.0252. The molecule has 1 saturated heterocycles. The summed E-state index contributed by atoms with van der Waals surface area (Å²) in [7, 11) is 0. The number of nitrogens with one attached hydrogen (secondary N) is 1. The van der Waals surface area contributed by atoms with Gasteiger partial charge in [-0.05, 0) is 37.3 Å². The van der Waals surface area contributed by atoms with Crippen LogP contribution in [0.4, 0.5) is 14.9 Å². The second-order valence-electron chi connectivity index (χ2n) is 6.07. The highest BCUT2D eigenvalue weighted by Crippen LogP contribution is 2.25. The number of amides is 4. The number of esters is 1. The van der Waals surface area contributed by atoms with Gasteiger partial charge < -0.3 is 9.47 Å². The lowest BCUT2D eigenvalue weighted by atomic mass is 10.1. The first-order chi connectivity index (χ1) is 14.4. The summed E-state index contributed by atoms with van der Waals surface area (Å²) in [4.78, 5) is 49.5. The van der Waals surface area contributed by atoms with Crippen LogP contribution in [0.1, 0.15) is 12.5 Å². The zero-order chi connectivity index (χ0) is 21.7. The highest BCUT2D eigenvalue weighted by atomic mass is 19.1. The number of urea groups is 1. The van der Waals surface area contributed by atoms with E-state index in [4.69, 9.17) is 9.47 Å². The molecule has 2 aromatic rings. The van der Waals surface area contributed by atoms with Crippen molar-refractivity contribution in [1.82, 2.24) is 5.32 Å². The van der Waals surface area contributed by atoms with Crippen molar-refractivity contribution in [3.05, 3.63) is 65.5 Å². The topological polar surface area (TPSA) is 102 Å². The van der Waals surface area contributed by atoms with Crippen molar-refractivity contribution in [2.45, 2.75) is 6.92 Å². The van der Waals surface area contributed by atoms with E-state index >= 15 is 0 Å². The molecule has 2 aromatic carbocycles. The Kier molecular flexibility index (Phi) is 6.21. The van der Waals surface area contributed by atoms with Gasteiger partial charge in [0, 0.05) is 5.56 Å². The largest absolute Gasteiger partial charge is 0.481 e. The normalized spacial score (nSPS) is 15.2. The monoisotopic (exact) mass is 412 g/mol. The average molecular weight is 412 g/mol. The zero-order valence-corrected chi connectivity index (χ0v) is 15.9. The number of halogens is 1. The molecule has 4 amide bonds. The minimum atomic E-state index is -0.986. The van der Waals surface area contributed by atoms with Crippen LogP contribution < -0.4 is 15.0 Å². The second kappa shape index (κ2) is 8.99. The lowest BCUT2D eigenvalue weighted by Gasteiger charge is -2.26. The van der Waals surface area contributed by atoms with Gasteiger partial charge in [-0.15, -0.1) is 0 Å². The molecule has 0 saturated carbocycles. The first-order valence-corrected chi connectivity index (χ1v) is 8.95. The maximum atomic E-state index is 13.5. The first-order valence-electron chi connectivity index (χ1n) is 8.95. The Morgan fingerprint density at radius 1 is 1.13 bits per heavy atom. The standard InChI is InChI=1S/C21H17FN2O6/c1-2-29-18(25)12-30-17-9-4-3-6-13(17)10-16-19(26)23-21(28)24(20(16)27)15-8-5-7-14(22)11-15/h3-11H,2,12H2,1H3,(H,23,26,28)/b16-10+. The molecule has 154 valence electrons. The predicted octanol–water partition coefficient (Wildman–Crippen LogP) is 2.43. The van der Waals surface area contributed by atoms with Crippen molar-refractivity contribution in [2.24, 2.45) is 0 Å². The van der Waals surface area contributed by atoms with Crippen LogP contribution in [-0.2, 0) is 19.1 Å². The Labute approximate surface area is 170 Å². The SMILES string of the molecule is CCOC(=O)COc1ccccc1/C=C1\C(=O)NC(=O)N(c2cccc(F)c2)C1=O. The molecule has 30 heavy (non-hydrogen) atoms. The van der Waals surface area contributed by atoms with E-state index in [1.165, 1.54) is 18.2 Å². The number of rotatable bonds is 6. The number of hydrogen-bond donors (Lipinski definition) is 1. The smallest absolute Gasteiger partial charge is 0.344 e. The van der Waals surface area contributed by atoms with Gasteiger partial charge in [0.2, 0.25) is 0 Å². The van der Waals surface area contributed by atoms with Gasteiger partial charge in [0.1, 0.15) is 17.1 Å². The van der Waals surface area contributed by atoms with Crippen LogP contribution in [0.2, 0.25) is 0 Å². The van der Waals surface area contributed by atoms with Crippen LogP contribution in [0.15, 0.2) is 54.1 Å². The summed E-state index contributed by atoms with van der Waals surface area (Å²) in [6, 6.07) is 10.3. The summed E-state index contributed by atoms with van der Waals surface area (Å²) in [5, 5.41) is 2.06. The number of imide groups is 2. The summed E-state index contributed by atoms with van der Waals surface area (Å²) in [6.07, 6.45) is 1.23. The number of nitrogens with zero attached hydrogens (tertiary/aromatic N) is 1. The molecule has 1 N–H and O–H groups in total. The van der Waals surface area contributed by atoms with Crippen molar-refractivity contribution in [1.29, 1.82) is 0 Å². The Bertz CT molecular complexity index is 1050. The summed E-state index contributed by atoms with van der Waals surface area (Å²) >= 11 is 0. The molecule has 8 nitrogen and oxygen atoms in total. The molecule has 9 heteroatoms. The summed E-state index contributed by atoms with van der Waals surface area (Å²) < 4.78 is 23.8. The Balaban J connectivity index is 1.92. The molecule has 0 unspecified atom stereocenters. The summed E-state index contributed by atoms with van der Waals surface area (Å²) in [6.45, 7) is 1.50. The Morgan fingerprint density at radius 3 is 2.63 bits per heavy atom. The number of carbonyl (C=O) groups excluding carboxylic acids is 4. The molecule has 0 atom stereocenters. The summed E-state index contributed by atoms with van der Waals surface area (Å²) in [5.41, 5.74) is -0.0531. The van der Waals surface area contributed by atoms with E-state index in [1.54, 1.807) is 31.2 Å². The summed E-state index contributed by atoms with van der Waals surface area (Å²) in [5.74, 6) is -2.82. The highest BCUT2D eigenvalue weighted by Gasteiger charge is 2.37. The molecule has 1 heterocycles. The van der Waals surface area contributed by atoms with Crippen LogP contribution in [0.5, 0.6) is 5.75 Å². The van der Waals surface area contributed by atoms with Gasteiger partial charge in [-0.3, -0.25) is 14.9 Å². The fourth-order valence-corrected chi connectivity index (χ4v) is 2.73. The number of barbiturate groups is 1. The van der Waals surface area contributed by atoms with Crippen molar-refractivity contribution in [2.75, 3.05) is 18.1 Å². The van der Waals surface area contributed by atoms with Crippen molar-refractivity contribution in [3.63, 3.8) is 0 Å². The minimum Gasteiger partial charge on any atom is -0.481 e. The Morgan fingerprint density at radius 2 is 1.90 bits per heavy atom. The van der Waals surface area contributed by atoms with Gasteiger partial charge in [-0.2, -0.15) is 0 Å².